The molecule has 0 unspecified atom stereocenters. The second kappa shape index (κ2) is 10.7. The van der Waals surface area contributed by atoms with Crippen LogP contribution in [0.3, 0.4) is 0 Å². The van der Waals surface area contributed by atoms with Crippen LogP contribution in [-0.2, 0) is 16.1 Å². The molecule has 36 heavy (non-hydrogen) atoms. The number of nitrogens with one attached hydrogen (secondary N) is 1. The van der Waals surface area contributed by atoms with Crippen molar-refractivity contribution in [2.45, 2.75) is 69.8 Å². The highest BCUT2D eigenvalue weighted by Gasteiger charge is 2.54. The van der Waals surface area contributed by atoms with E-state index >= 15 is 0 Å². The third kappa shape index (κ3) is 5.18. The van der Waals surface area contributed by atoms with E-state index in [-0.39, 0.29) is 24.1 Å². The van der Waals surface area contributed by atoms with E-state index in [2.05, 4.69) is 41.4 Å². The van der Waals surface area contributed by atoms with Crippen molar-refractivity contribution in [1.82, 2.24) is 15.1 Å². The van der Waals surface area contributed by atoms with Gasteiger partial charge in [0.15, 0.2) is 0 Å². The van der Waals surface area contributed by atoms with Gasteiger partial charge in [-0.2, -0.15) is 0 Å². The monoisotopic (exact) mass is 493 g/mol. The summed E-state index contributed by atoms with van der Waals surface area (Å²) in [5.41, 5.74) is 0.443. The summed E-state index contributed by atoms with van der Waals surface area (Å²) in [7, 11) is 0. The van der Waals surface area contributed by atoms with Crippen LogP contribution in [0.15, 0.2) is 54.6 Å². The molecular formula is C29H36FN3O3. The van der Waals surface area contributed by atoms with E-state index in [4.69, 9.17) is 4.74 Å². The van der Waals surface area contributed by atoms with E-state index in [1.54, 1.807) is 17.0 Å². The average Bonchev–Trinajstić information content (AvgIpc) is 3.26. The Balaban J connectivity index is 1.27. The molecule has 7 heteroatoms. The summed E-state index contributed by atoms with van der Waals surface area (Å²) in [6, 6.07) is 15.7. The highest BCUT2D eigenvalue weighted by atomic mass is 19.1. The van der Waals surface area contributed by atoms with Crippen molar-refractivity contribution in [3.05, 3.63) is 71.5 Å². The number of amides is 2. The molecule has 2 aromatic carbocycles. The highest BCUT2D eigenvalue weighted by Crippen LogP contribution is 2.43. The van der Waals surface area contributed by atoms with Gasteiger partial charge in [0.05, 0.1) is 12.2 Å². The number of hydrogen-bond acceptors (Lipinski definition) is 4. The minimum atomic E-state index is -0.840. The van der Waals surface area contributed by atoms with Crippen LogP contribution in [0.25, 0.3) is 0 Å². The number of carbonyl (C=O) groups excluding carboxylic acids is 2. The number of benzene rings is 2. The molecule has 5 rings (SSSR count). The predicted octanol–water partition coefficient (Wildman–Crippen LogP) is 4.35. The number of halogens is 1. The maximum atomic E-state index is 14.6. The molecule has 1 aliphatic carbocycles. The molecule has 1 spiro atoms. The fourth-order valence-corrected chi connectivity index (χ4v) is 5.92. The molecule has 2 aromatic rings. The SMILES string of the molecule is CC1CCC2(CC1)OC[C@H](C(=O)NC1CCN(Cc3ccccc3)CC1)N2C(=O)c1ccccc1F. The molecule has 3 aliphatic rings. The number of nitrogens with zero attached hydrogens (tertiary/aromatic N) is 2. The Morgan fingerprint density at radius 1 is 1.00 bits per heavy atom. The average molecular weight is 494 g/mol. The fourth-order valence-electron chi connectivity index (χ4n) is 5.92. The molecule has 2 amide bonds. The van der Waals surface area contributed by atoms with Gasteiger partial charge in [-0.3, -0.25) is 19.4 Å². The van der Waals surface area contributed by atoms with E-state index in [1.807, 2.05) is 6.07 Å². The van der Waals surface area contributed by atoms with Gasteiger partial charge in [-0.05, 0) is 62.1 Å². The number of hydrogen-bond donors (Lipinski definition) is 1. The zero-order chi connectivity index (χ0) is 25.1. The third-order valence-corrected chi connectivity index (χ3v) is 8.12. The molecule has 0 radical (unpaired) electrons. The number of ether oxygens (including phenoxy) is 1. The molecule has 0 bridgehead atoms. The first-order chi connectivity index (χ1) is 17.4. The first-order valence-corrected chi connectivity index (χ1v) is 13.2. The van der Waals surface area contributed by atoms with Crippen molar-refractivity contribution < 1.29 is 18.7 Å². The molecule has 1 saturated carbocycles. The van der Waals surface area contributed by atoms with Gasteiger partial charge >= 0.3 is 0 Å². The second-order valence-corrected chi connectivity index (χ2v) is 10.7. The molecular weight excluding hydrogens is 457 g/mol. The Morgan fingerprint density at radius 3 is 2.36 bits per heavy atom. The van der Waals surface area contributed by atoms with Crippen LogP contribution in [-0.4, -0.2) is 59.1 Å². The van der Waals surface area contributed by atoms with Gasteiger partial charge in [0.25, 0.3) is 5.91 Å². The summed E-state index contributed by atoms with van der Waals surface area (Å²) in [6.45, 7) is 5.05. The molecule has 2 aliphatic heterocycles. The van der Waals surface area contributed by atoms with Gasteiger partial charge < -0.3 is 10.1 Å². The molecule has 1 N–H and O–H groups in total. The van der Waals surface area contributed by atoms with Gasteiger partial charge in [0.1, 0.15) is 17.6 Å². The molecule has 3 fully saturated rings. The summed E-state index contributed by atoms with van der Waals surface area (Å²) in [4.78, 5) is 31.2. The van der Waals surface area contributed by atoms with Gasteiger partial charge in [0.2, 0.25) is 5.91 Å². The Morgan fingerprint density at radius 2 is 1.67 bits per heavy atom. The second-order valence-electron chi connectivity index (χ2n) is 10.7. The number of rotatable bonds is 5. The quantitative estimate of drug-likeness (QED) is 0.673. The van der Waals surface area contributed by atoms with Crippen LogP contribution in [0.5, 0.6) is 0 Å². The maximum Gasteiger partial charge on any atom is 0.259 e. The van der Waals surface area contributed by atoms with Crippen LogP contribution >= 0.6 is 0 Å². The number of piperidine rings is 1. The highest BCUT2D eigenvalue weighted by molar-refractivity contribution is 5.98. The topological polar surface area (TPSA) is 61.9 Å². The van der Waals surface area contributed by atoms with Crippen LogP contribution in [0.1, 0.15) is 61.4 Å². The van der Waals surface area contributed by atoms with Crippen molar-refractivity contribution in [2.24, 2.45) is 5.92 Å². The van der Waals surface area contributed by atoms with Crippen LogP contribution in [0, 0.1) is 11.7 Å². The lowest BCUT2D eigenvalue weighted by molar-refractivity contribution is -0.128. The zero-order valence-corrected chi connectivity index (χ0v) is 21.0. The number of carbonyl (C=O) groups is 2. The first kappa shape index (κ1) is 24.9. The van der Waals surface area contributed by atoms with Crippen molar-refractivity contribution in [1.29, 1.82) is 0 Å². The summed E-state index contributed by atoms with van der Waals surface area (Å²) in [6.07, 6.45) is 4.86. The fraction of sp³-hybridized carbons (Fsp3) is 0.517. The van der Waals surface area contributed by atoms with E-state index in [0.717, 1.165) is 45.3 Å². The van der Waals surface area contributed by atoms with Crippen LogP contribution in [0.4, 0.5) is 4.39 Å². The Bertz CT molecular complexity index is 1060. The lowest BCUT2D eigenvalue weighted by atomic mass is 9.83. The Labute approximate surface area is 212 Å². The Kier molecular flexibility index (Phi) is 7.39. The van der Waals surface area contributed by atoms with Crippen molar-refractivity contribution in [3.8, 4) is 0 Å². The summed E-state index contributed by atoms with van der Waals surface area (Å²) in [5, 5.41) is 3.19. The normalized spacial score (nSPS) is 27.3. The van der Waals surface area contributed by atoms with Gasteiger partial charge in [-0.25, -0.2) is 4.39 Å². The third-order valence-electron chi connectivity index (χ3n) is 8.12. The molecule has 2 heterocycles. The summed E-state index contributed by atoms with van der Waals surface area (Å²) >= 11 is 0. The standard InChI is InChI=1S/C29H36FN3O3/c1-21-11-15-29(16-12-21)33(28(35)24-9-5-6-10-25(24)30)26(20-36-29)27(34)31-23-13-17-32(18-14-23)19-22-7-3-2-4-8-22/h2-10,21,23,26H,11-20H2,1H3,(H,31,34)/t21?,26-,29?/m1/s1. The van der Waals surface area contributed by atoms with Gasteiger partial charge in [-0.15, -0.1) is 0 Å². The number of likely N-dealkylation sites (tertiary alicyclic amines) is 1. The van der Waals surface area contributed by atoms with Crippen LogP contribution in [0.2, 0.25) is 0 Å². The largest absolute Gasteiger partial charge is 0.353 e. The first-order valence-electron chi connectivity index (χ1n) is 13.2. The maximum absolute atomic E-state index is 14.6. The van der Waals surface area contributed by atoms with Gasteiger partial charge in [0, 0.05) is 25.7 Å². The Hall–Kier alpha value is -2.77. The lowest BCUT2D eigenvalue weighted by Gasteiger charge is -2.43. The molecule has 192 valence electrons. The molecule has 2 saturated heterocycles. The van der Waals surface area contributed by atoms with Crippen molar-refractivity contribution in [3.63, 3.8) is 0 Å². The minimum Gasteiger partial charge on any atom is -0.353 e. The van der Waals surface area contributed by atoms with E-state index < -0.39 is 23.5 Å². The van der Waals surface area contributed by atoms with Crippen molar-refractivity contribution in [2.75, 3.05) is 19.7 Å². The summed E-state index contributed by atoms with van der Waals surface area (Å²) in [5.74, 6) is -0.688. The van der Waals surface area contributed by atoms with Gasteiger partial charge in [-0.1, -0.05) is 49.4 Å². The van der Waals surface area contributed by atoms with Crippen LogP contribution < -0.4 is 5.32 Å². The zero-order valence-electron chi connectivity index (χ0n) is 21.0. The van der Waals surface area contributed by atoms with E-state index in [9.17, 15) is 14.0 Å². The molecule has 0 aromatic heterocycles. The van der Waals surface area contributed by atoms with Crippen molar-refractivity contribution >= 4 is 11.8 Å². The van der Waals surface area contributed by atoms with E-state index in [1.165, 1.54) is 17.7 Å². The molecule has 6 nitrogen and oxygen atoms in total. The minimum absolute atomic E-state index is 0.00647. The smallest absolute Gasteiger partial charge is 0.259 e. The predicted molar refractivity (Wildman–Crippen MR) is 136 cm³/mol. The molecule has 1 atom stereocenters. The lowest BCUT2D eigenvalue weighted by Crippen LogP contribution is -2.58. The summed E-state index contributed by atoms with van der Waals surface area (Å²) < 4.78 is 20.9. The van der Waals surface area contributed by atoms with E-state index in [0.29, 0.717) is 18.8 Å².